The molecule has 0 aromatic heterocycles. The molecule has 3 atom stereocenters. The van der Waals surface area contributed by atoms with Crippen LogP contribution in [0, 0.1) is 5.92 Å². The van der Waals surface area contributed by atoms with Crippen LogP contribution in [0.15, 0.2) is 48.5 Å². The average Bonchev–Trinajstić information content (AvgIpc) is 3.04. The Labute approximate surface area is 181 Å². The lowest BCUT2D eigenvalue weighted by atomic mass is 9.72. The molecule has 1 heterocycles. The molecule has 1 N–H and O–H groups in total. The number of hydrogen-bond donors (Lipinski definition) is 1. The third kappa shape index (κ3) is 5.87. The van der Waals surface area contributed by atoms with Crippen molar-refractivity contribution < 1.29 is 26.1 Å². The summed E-state index contributed by atoms with van der Waals surface area (Å²) in [5, 5.41) is 0. The van der Waals surface area contributed by atoms with Crippen LogP contribution in [0.2, 0.25) is 0 Å². The molecular weight excluding hydrogens is 427 g/mol. The van der Waals surface area contributed by atoms with Crippen molar-refractivity contribution in [2.45, 2.75) is 44.3 Å². The van der Waals surface area contributed by atoms with Gasteiger partial charge in [-0.3, -0.25) is 9.45 Å². The van der Waals surface area contributed by atoms with Gasteiger partial charge in [0.2, 0.25) is 0 Å². The summed E-state index contributed by atoms with van der Waals surface area (Å²) in [6.45, 7) is 3.97. The third-order valence-electron chi connectivity index (χ3n) is 6.25. The second-order valence-corrected chi connectivity index (χ2v) is 9.72. The van der Waals surface area contributed by atoms with E-state index >= 15 is 0 Å². The number of halogens is 3. The molecule has 1 saturated heterocycles. The lowest BCUT2D eigenvalue weighted by Crippen LogP contribution is -2.35. The fourth-order valence-electron chi connectivity index (χ4n) is 5.09. The number of rotatable bonds is 3. The molecule has 2 aromatic carbocycles. The summed E-state index contributed by atoms with van der Waals surface area (Å²) in [5.74, 6) is 0.654. The van der Waals surface area contributed by atoms with Crippen LogP contribution >= 0.6 is 0 Å². The molecule has 4 rings (SSSR count). The molecule has 1 fully saturated rings. The van der Waals surface area contributed by atoms with Crippen LogP contribution in [0.25, 0.3) is 0 Å². The minimum atomic E-state index is -4.26. The van der Waals surface area contributed by atoms with E-state index in [0.29, 0.717) is 30.2 Å². The highest BCUT2D eigenvalue weighted by atomic mass is 32.2. The first-order valence-corrected chi connectivity index (χ1v) is 12.2. The smallest absolute Gasteiger partial charge is 0.299 e. The number of benzene rings is 2. The molecule has 0 radical (unpaired) electrons. The number of nitrogens with zero attached hydrogens (tertiary/aromatic N) is 1. The third-order valence-corrected chi connectivity index (χ3v) is 6.25. The number of hydrogen-bond acceptors (Lipinski definition) is 3. The van der Waals surface area contributed by atoms with E-state index in [1.54, 1.807) is 6.07 Å². The molecule has 4 nitrogen and oxygen atoms in total. The summed E-state index contributed by atoms with van der Waals surface area (Å²) in [4.78, 5) is 2.47. The van der Waals surface area contributed by atoms with Crippen molar-refractivity contribution in [2.24, 2.45) is 5.92 Å². The lowest BCUT2D eigenvalue weighted by molar-refractivity contribution is -0.138. The molecule has 31 heavy (non-hydrogen) atoms. The molecule has 1 aliphatic heterocycles. The maximum atomic E-state index is 13.4. The molecular formula is C23H28F3NO3S. The lowest BCUT2D eigenvalue weighted by Gasteiger charge is -2.33. The van der Waals surface area contributed by atoms with Crippen LogP contribution < -0.4 is 0 Å². The molecule has 1 aliphatic carbocycles. The van der Waals surface area contributed by atoms with Crippen molar-refractivity contribution in [3.8, 4) is 0 Å². The van der Waals surface area contributed by atoms with E-state index in [-0.39, 0.29) is 5.92 Å². The van der Waals surface area contributed by atoms with E-state index in [2.05, 4.69) is 36.1 Å². The van der Waals surface area contributed by atoms with Crippen LogP contribution in [0.4, 0.5) is 13.2 Å². The molecule has 2 aliphatic rings. The number of likely N-dealkylation sites (tertiary alicyclic amines) is 1. The number of alkyl halides is 3. The molecule has 170 valence electrons. The highest BCUT2D eigenvalue weighted by Crippen LogP contribution is 2.48. The summed E-state index contributed by atoms with van der Waals surface area (Å²) in [7, 11) is -3.67. The SMILES string of the molecule is CCN1C[C@@H]2c3cccc(C(F)(F)F)c3CCC2[C@H]1Cc1ccccc1.CS(=O)(=O)O. The van der Waals surface area contributed by atoms with E-state index in [1.807, 2.05) is 12.1 Å². The van der Waals surface area contributed by atoms with Crippen molar-refractivity contribution in [1.82, 2.24) is 4.90 Å². The highest BCUT2D eigenvalue weighted by Gasteiger charge is 2.46. The van der Waals surface area contributed by atoms with Gasteiger partial charge in [0.15, 0.2) is 0 Å². The molecule has 0 amide bonds. The van der Waals surface area contributed by atoms with E-state index < -0.39 is 21.9 Å². The Balaban J connectivity index is 0.000000491. The molecule has 0 saturated carbocycles. The van der Waals surface area contributed by atoms with Gasteiger partial charge in [0, 0.05) is 18.5 Å². The topological polar surface area (TPSA) is 57.6 Å². The Morgan fingerprint density at radius 1 is 1.10 bits per heavy atom. The van der Waals surface area contributed by atoms with Gasteiger partial charge in [-0.05, 0) is 54.5 Å². The van der Waals surface area contributed by atoms with Crippen molar-refractivity contribution in [3.63, 3.8) is 0 Å². The highest BCUT2D eigenvalue weighted by molar-refractivity contribution is 7.85. The monoisotopic (exact) mass is 455 g/mol. The zero-order valence-electron chi connectivity index (χ0n) is 17.6. The zero-order valence-corrected chi connectivity index (χ0v) is 18.5. The number of likely N-dealkylation sites (N-methyl/N-ethyl adjacent to an activating group) is 1. The summed E-state index contributed by atoms with van der Waals surface area (Å²) in [6, 6.07) is 15.6. The van der Waals surface area contributed by atoms with Crippen LogP contribution in [0.3, 0.4) is 0 Å². The van der Waals surface area contributed by atoms with E-state index in [4.69, 9.17) is 4.55 Å². The number of fused-ring (bicyclic) bond motifs is 3. The van der Waals surface area contributed by atoms with Gasteiger partial charge in [0.1, 0.15) is 0 Å². The van der Waals surface area contributed by atoms with Crippen molar-refractivity contribution in [2.75, 3.05) is 19.3 Å². The van der Waals surface area contributed by atoms with Crippen molar-refractivity contribution >= 4 is 10.1 Å². The minimum absolute atomic E-state index is 0.217. The first-order chi connectivity index (χ1) is 14.5. The van der Waals surface area contributed by atoms with Gasteiger partial charge < -0.3 is 0 Å². The second kappa shape index (κ2) is 9.30. The van der Waals surface area contributed by atoms with Crippen molar-refractivity contribution in [3.05, 3.63) is 70.8 Å². The average molecular weight is 456 g/mol. The Morgan fingerprint density at radius 3 is 2.32 bits per heavy atom. The Morgan fingerprint density at radius 2 is 1.74 bits per heavy atom. The zero-order chi connectivity index (χ0) is 22.8. The first kappa shape index (κ1) is 23.8. The Hall–Kier alpha value is -1.90. The minimum Gasteiger partial charge on any atom is -0.299 e. The predicted octanol–water partition coefficient (Wildman–Crippen LogP) is 4.80. The van der Waals surface area contributed by atoms with Crippen LogP contribution in [-0.2, 0) is 29.1 Å². The maximum absolute atomic E-state index is 13.4. The van der Waals surface area contributed by atoms with Gasteiger partial charge in [-0.1, -0.05) is 49.4 Å². The first-order valence-electron chi connectivity index (χ1n) is 10.4. The quantitative estimate of drug-likeness (QED) is 0.676. The largest absolute Gasteiger partial charge is 0.416 e. The van der Waals surface area contributed by atoms with Gasteiger partial charge in [0.05, 0.1) is 11.8 Å². The van der Waals surface area contributed by atoms with Crippen LogP contribution in [0.1, 0.15) is 41.5 Å². The second-order valence-electron chi connectivity index (χ2n) is 8.26. The maximum Gasteiger partial charge on any atom is 0.416 e. The fraction of sp³-hybridized carbons (Fsp3) is 0.478. The Bertz CT molecular complexity index is 985. The summed E-state index contributed by atoms with van der Waals surface area (Å²) < 4.78 is 66.1. The standard InChI is InChI=1S/C22H24F3N.CH4O3S/c1-2-26-14-19-16-9-6-10-20(22(23,24)25)17(16)11-12-18(19)21(26)13-15-7-4-3-5-8-15;1-5(2,3)4/h3-10,18-19,21H,2,11-14H2,1H3;1H3,(H,2,3,4)/t18?,19-,21-;/m1./s1. The molecule has 2 aromatic rings. The van der Waals surface area contributed by atoms with Gasteiger partial charge >= 0.3 is 6.18 Å². The van der Waals surface area contributed by atoms with Gasteiger partial charge in [-0.15, -0.1) is 0 Å². The summed E-state index contributed by atoms with van der Waals surface area (Å²) >= 11 is 0. The van der Waals surface area contributed by atoms with E-state index in [0.717, 1.165) is 31.5 Å². The molecule has 1 unspecified atom stereocenters. The van der Waals surface area contributed by atoms with E-state index in [9.17, 15) is 21.6 Å². The van der Waals surface area contributed by atoms with Gasteiger partial charge in [-0.2, -0.15) is 21.6 Å². The summed E-state index contributed by atoms with van der Waals surface area (Å²) in [6.07, 6.45) is -1.18. The predicted molar refractivity (Wildman–Crippen MR) is 115 cm³/mol. The van der Waals surface area contributed by atoms with Gasteiger partial charge in [0.25, 0.3) is 10.1 Å². The van der Waals surface area contributed by atoms with Gasteiger partial charge in [-0.25, -0.2) is 0 Å². The molecule has 0 spiro atoms. The summed E-state index contributed by atoms with van der Waals surface area (Å²) in [5.41, 5.74) is 2.36. The van der Waals surface area contributed by atoms with E-state index in [1.165, 1.54) is 11.6 Å². The Kier molecular flexibility index (Phi) is 7.13. The van der Waals surface area contributed by atoms with Crippen LogP contribution in [-0.4, -0.2) is 43.3 Å². The van der Waals surface area contributed by atoms with Crippen molar-refractivity contribution in [1.29, 1.82) is 0 Å². The normalized spacial score (nSPS) is 23.5. The van der Waals surface area contributed by atoms with Crippen LogP contribution in [0.5, 0.6) is 0 Å². The molecule has 0 bridgehead atoms. The fourth-order valence-corrected chi connectivity index (χ4v) is 5.09. The molecule has 8 heteroatoms.